The van der Waals surface area contributed by atoms with Gasteiger partial charge in [-0.15, -0.1) is 0 Å². The Morgan fingerprint density at radius 2 is 1.91 bits per heavy atom. The number of rotatable bonds is 7. The van der Waals surface area contributed by atoms with Crippen molar-refractivity contribution in [3.8, 4) is 0 Å². The highest BCUT2D eigenvalue weighted by Gasteiger charge is 2.65. The molecular weight excluding hydrogens is 396 g/mol. The largest absolute Gasteiger partial charge is 0.382 e. The van der Waals surface area contributed by atoms with E-state index in [1.165, 1.54) is 50.8 Å². The Balaban J connectivity index is 1.31. The van der Waals surface area contributed by atoms with Crippen molar-refractivity contribution in [3.05, 3.63) is 35.9 Å². The van der Waals surface area contributed by atoms with Gasteiger partial charge in [0.05, 0.1) is 5.41 Å². The Labute approximate surface area is 193 Å². The van der Waals surface area contributed by atoms with E-state index in [0.717, 1.165) is 45.4 Å². The summed E-state index contributed by atoms with van der Waals surface area (Å²) in [5, 5.41) is 3.65. The molecule has 5 atom stereocenters. The summed E-state index contributed by atoms with van der Waals surface area (Å²) in [7, 11) is 0. The minimum absolute atomic E-state index is 0.166. The van der Waals surface area contributed by atoms with Gasteiger partial charge in [0.15, 0.2) is 0 Å². The van der Waals surface area contributed by atoms with Crippen LogP contribution in [0.2, 0.25) is 0 Å². The zero-order valence-electron chi connectivity index (χ0n) is 19.8. The first-order valence-corrected chi connectivity index (χ1v) is 13.2. The van der Waals surface area contributed by atoms with Crippen LogP contribution in [0.25, 0.3) is 0 Å². The molecule has 3 aliphatic heterocycles. The Kier molecular flexibility index (Phi) is 5.18. The molecule has 4 saturated carbocycles. The van der Waals surface area contributed by atoms with Gasteiger partial charge >= 0.3 is 0 Å². The van der Waals surface area contributed by atoms with Gasteiger partial charge in [0.2, 0.25) is 5.91 Å². The van der Waals surface area contributed by atoms with E-state index in [1.807, 2.05) is 0 Å². The highest BCUT2D eigenvalue weighted by molar-refractivity contribution is 5.84. The van der Waals surface area contributed by atoms with Crippen molar-refractivity contribution in [2.75, 3.05) is 32.8 Å². The highest BCUT2D eigenvalue weighted by Crippen LogP contribution is 2.71. The van der Waals surface area contributed by atoms with Crippen LogP contribution >= 0.6 is 0 Å². The SMILES string of the molecule is CCOCC[C@@]12CC3CC(C(=O)N[C@H]4CN5CCC4CC5)(C1)C[C@](c1ccccc1)(C3)C2. The van der Waals surface area contributed by atoms with Crippen LogP contribution < -0.4 is 5.32 Å². The van der Waals surface area contributed by atoms with Gasteiger partial charge in [-0.05, 0) is 106 Å². The minimum atomic E-state index is -0.187. The third-order valence-corrected chi connectivity index (χ3v) is 10.0. The first kappa shape index (κ1) is 21.2. The maximum absolute atomic E-state index is 14.1. The summed E-state index contributed by atoms with van der Waals surface area (Å²) < 4.78 is 5.85. The molecule has 1 aromatic rings. The summed E-state index contributed by atoms with van der Waals surface area (Å²) in [6.07, 6.45) is 10.6. The lowest BCUT2D eigenvalue weighted by Crippen LogP contribution is -2.65. The Morgan fingerprint density at radius 1 is 1.09 bits per heavy atom. The van der Waals surface area contributed by atoms with E-state index < -0.39 is 0 Å². The van der Waals surface area contributed by atoms with Crippen molar-refractivity contribution < 1.29 is 9.53 Å². The number of piperidine rings is 3. The summed E-state index contributed by atoms with van der Waals surface area (Å²) in [5.74, 6) is 1.75. The molecule has 0 aromatic heterocycles. The van der Waals surface area contributed by atoms with Gasteiger partial charge in [-0.3, -0.25) is 4.79 Å². The fraction of sp³-hybridized carbons (Fsp3) is 0.750. The number of nitrogens with zero attached hydrogens (tertiary/aromatic N) is 1. The van der Waals surface area contributed by atoms with Gasteiger partial charge in [0.1, 0.15) is 0 Å². The molecule has 0 spiro atoms. The van der Waals surface area contributed by atoms with E-state index in [0.29, 0.717) is 23.8 Å². The van der Waals surface area contributed by atoms with Crippen LogP contribution in [0.5, 0.6) is 0 Å². The van der Waals surface area contributed by atoms with Crippen LogP contribution in [0.3, 0.4) is 0 Å². The summed E-state index contributed by atoms with van der Waals surface area (Å²) in [6.45, 7) is 7.23. The van der Waals surface area contributed by atoms with Crippen molar-refractivity contribution in [1.29, 1.82) is 0 Å². The lowest BCUT2D eigenvalue weighted by molar-refractivity contribution is -0.167. The monoisotopic (exact) mass is 436 g/mol. The number of amides is 1. The topological polar surface area (TPSA) is 41.6 Å². The van der Waals surface area contributed by atoms with Crippen molar-refractivity contribution in [3.63, 3.8) is 0 Å². The second-order valence-corrected chi connectivity index (χ2v) is 12.1. The van der Waals surface area contributed by atoms with Gasteiger partial charge < -0.3 is 15.0 Å². The zero-order chi connectivity index (χ0) is 21.8. The fourth-order valence-corrected chi connectivity index (χ4v) is 9.17. The molecule has 2 unspecified atom stereocenters. The van der Waals surface area contributed by atoms with Crippen LogP contribution in [-0.2, 0) is 14.9 Å². The van der Waals surface area contributed by atoms with E-state index >= 15 is 0 Å². The molecule has 1 aromatic carbocycles. The Hall–Kier alpha value is -1.39. The fourth-order valence-electron chi connectivity index (χ4n) is 9.17. The van der Waals surface area contributed by atoms with E-state index in [2.05, 4.69) is 47.5 Å². The van der Waals surface area contributed by atoms with E-state index in [9.17, 15) is 4.79 Å². The average molecular weight is 437 g/mol. The second-order valence-electron chi connectivity index (χ2n) is 12.1. The summed E-state index contributed by atoms with van der Waals surface area (Å²) >= 11 is 0. The molecule has 3 saturated heterocycles. The number of ether oxygens (including phenoxy) is 1. The summed E-state index contributed by atoms with van der Waals surface area (Å²) in [5.41, 5.74) is 1.72. The smallest absolute Gasteiger partial charge is 0.226 e. The number of hydrogen-bond donors (Lipinski definition) is 1. The van der Waals surface area contributed by atoms with E-state index in [-0.39, 0.29) is 16.2 Å². The van der Waals surface area contributed by atoms with E-state index in [1.54, 1.807) is 0 Å². The highest BCUT2D eigenvalue weighted by atomic mass is 16.5. The third-order valence-electron chi connectivity index (χ3n) is 10.0. The number of hydrogen-bond acceptors (Lipinski definition) is 3. The van der Waals surface area contributed by atoms with Crippen molar-refractivity contribution >= 4 is 5.91 Å². The standard InChI is InChI=1S/C28H40N2O2/c1-2-32-13-10-26-14-21-15-27(18-26,23-6-4-3-5-7-23)20-28(16-21,19-26)25(31)29-24-17-30-11-8-22(24)9-12-30/h3-7,21-22,24H,2,8-20H2,1H3,(H,29,31)/t21?,24-,26-,27-,28?/m0/s1. The number of fused-ring (bicyclic) bond motifs is 3. The van der Waals surface area contributed by atoms with Gasteiger partial charge in [-0.25, -0.2) is 0 Å². The number of carbonyl (C=O) groups is 1. The number of benzene rings is 1. The first-order chi connectivity index (χ1) is 15.5. The van der Waals surface area contributed by atoms with Crippen molar-refractivity contribution in [2.24, 2.45) is 22.7 Å². The number of carbonyl (C=O) groups excluding carboxylic acids is 1. The normalized spacial score (nSPS) is 44.0. The lowest BCUT2D eigenvalue weighted by atomic mass is 9.38. The van der Waals surface area contributed by atoms with E-state index in [4.69, 9.17) is 4.74 Å². The molecule has 174 valence electrons. The quantitative estimate of drug-likeness (QED) is 0.639. The third kappa shape index (κ3) is 3.44. The van der Waals surface area contributed by atoms with Gasteiger partial charge in [0.25, 0.3) is 0 Å². The maximum atomic E-state index is 14.1. The first-order valence-electron chi connectivity index (χ1n) is 13.2. The molecule has 1 amide bonds. The van der Waals surface area contributed by atoms with Gasteiger partial charge in [-0.2, -0.15) is 0 Å². The molecule has 1 N–H and O–H groups in total. The molecule has 4 nitrogen and oxygen atoms in total. The molecule has 6 bridgehead atoms. The Bertz CT molecular complexity index is 850. The molecule has 7 aliphatic rings. The molecule has 32 heavy (non-hydrogen) atoms. The van der Waals surface area contributed by atoms with Crippen LogP contribution in [-0.4, -0.2) is 49.7 Å². The van der Waals surface area contributed by atoms with Gasteiger partial charge in [-0.1, -0.05) is 30.3 Å². The maximum Gasteiger partial charge on any atom is 0.226 e. The average Bonchev–Trinajstić information content (AvgIpc) is 2.80. The van der Waals surface area contributed by atoms with Crippen LogP contribution in [0.15, 0.2) is 30.3 Å². The number of nitrogens with one attached hydrogen (secondary N) is 1. The van der Waals surface area contributed by atoms with Gasteiger partial charge in [0, 0.05) is 25.8 Å². The molecule has 8 rings (SSSR count). The Morgan fingerprint density at radius 3 is 2.62 bits per heavy atom. The molecule has 0 radical (unpaired) electrons. The second kappa shape index (κ2) is 7.84. The predicted molar refractivity (Wildman–Crippen MR) is 126 cm³/mol. The predicted octanol–water partition coefficient (Wildman–Crippen LogP) is 4.53. The van der Waals surface area contributed by atoms with Crippen LogP contribution in [0, 0.1) is 22.7 Å². The molecular formula is C28H40N2O2. The molecule has 3 heterocycles. The lowest BCUT2D eigenvalue weighted by Gasteiger charge is -2.66. The zero-order valence-corrected chi connectivity index (χ0v) is 19.8. The summed E-state index contributed by atoms with van der Waals surface area (Å²) in [6, 6.07) is 11.6. The molecule has 4 heteroatoms. The summed E-state index contributed by atoms with van der Waals surface area (Å²) in [4.78, 5) is 16.7. The van der Waals surface area contributed by atoms with Crippen molar-refractivity contribution in [2.45, 2.75) is 76.2 Å². The molecule has 4 aliphatic carbocycles. The van der Waals surface area contributed by atoms with Crippen LogP contribution in [0.4, 0.5) is 0 Å². The van der Waals surface area contributed by atoms with Crippen LogP contribution in [0.1, 0.15) is 70.3 Å². The molecule has 7 fully saturated rings. The van der Waals surface area contributed by atoms with Crippen molar-refractivity contribution in [1.82, 2.24) is 10.2 Å². The minimum Gasteiger partial charge on any atom is -0.382 e.